The van der Waals surface area contributed by atoms with Crippen LogP contribution in [-0.2, 0) is 7.05 Å². The van der Waals surface area contributed by atoms with E-state index in [0.717, 1.165) is 23.6 Å². The Morgan fingerprint density at radius 3 is 2.80 bits per heavy atom. The van der Waals surface area contributed by atoms with Crippen molar-refractivity contribution in [2.75, 3.05) is 13.1 Å². The lowest BCUT2D eigenvalue weighted by atomic mass is 9.97. The first-order chi connectivity index (χ1) is 12.2. The quantitative estimate of drug-likeness (QED) is 0.558. The van der Waals surface area contributed by atoms with E-state index in [1.54, 1.807) is 0 Å². The van der Waals surface area contributed by atoms with E-state index >= 15 is 0 Å². The Balaban J connectivity index is 1.53. The van der Waals surface area contributed by atoms with Crippen LogP contribution < -0.4 is 5.32 Å². The second kappa shape index (κ2) is 5.90. The molecule has 4 nitrogen and oxygen atoms in total. The molecule has 1 N–H and O–H groups in total. The van der Waals surface area contributed by atoms with E-state index in [1.807, 2.05) is 34.4 Å². The summed E-state index contributed by atoms with van der Waals surface area (Å²) >= 11 is 3.70. The van der Waals surface area contributed by atoms with Gasteiger partial charge in [0.25, 0.3) is 0 Å². The molecule has 1 aliphatic heterocycles. The maximum Gasteiger partial charge on any atom is 0.135 e. The van der Waals surface area contributed by atoms with Crippen LogP contribution >= 0.6 is 22.7 Å². The average molecular weight is 369 g/mol. The van der Waals surface area contributed by atoms with Gasteiger partial charge in [-0.1, -0.05) is 0 Å². The Hall–Kier alpha value is -1.76. The zero-order chi connectivity index (χ0) is 17.0. The highest BCUT2D eigenvalue weighted by Crippen LogP contribution is 2.40. The summed E-state index contributed by atoms with van der Waals surface area (Å²) in [5.41, 5.74) is 3.50. The monoisotopic (exact) mass is 368 g/mol. The van der Waals surface area contributed by atoms with Crippen molar-refractivity contribution in [2.24, 2.45) is 7.05 Å². The van der Waals surface area contributed by atoms with E-state index in [2.05, 4.69) is 41.7 Å². The third-order valence-corrected chi connectivity index (χ3v) is 7.38. The van der Waals surface area contributed by atoms with Gasteiger partial charge in [-0.05, 0) is 62.5 Å². The maximum atomic E-state index is 4.95. The van der Waals surface area contributed by atoms with Crippen LogP contribution in [0.5, 0.6) is 0 Å². The van der Waals surface area contributed by atoms with Crippen LogP contribution in [0.25, 0.3) is 31.0 Å². The van der Waals surface area contributed by atoms with Crippen LogP contribution in [-0.4, -0.2) is 27.9 Å². The molecule has 0 aliphatic carbocycles. The van der Waals surface area contributed by atoms with Crippen molar-refractivity contribution < 1.29 is 0 Å². The Morgan fingerprint density at radius 2 is 2.00 bits per heavy atom. The minimum absolute atomic E-state index is 0.713. The molecule has 1 aliphatic rings. The Kier molecular flexibility index (Phi) is 3.66. The fourth-order valence-corrected chi connectivity index (χ4v) is 6.12. The van der Waals surface area contributed by atoms with Gasteiger partial charge in [-0.25, -0.2) is 4.98 Å². The number of aryl methyl sites for hydroxylation is 2. The smallest absolute Gasteiger partial charge is 0.135 e. The minimum atomic E-state index is 0.713. The van der Waals surface area contributed by atoms with E-state index < -0.39 is 0 Å². The summed E-state index contributed by atoms with van der Waals surface area (Å²) in [7, 11) is 1.97. The lowest BCUT2D eigenvalue weighted by Gasteiger charge is -2.21. The third-order valence-electron chi connectivity index (χ3n) is 5.01. The molecule has 25 heavy (non-hydrogen) atoms. The molecule has 0 saturated carbocycles. The molecule has 1 fully saturated rings. The summed E-state index contributed by atoms with van der Waals surface area (Å²) in [6.07, 6.45) is 4.58. The van der Waals surface area contributed by atoms with Gasteiger partial charge in [-0.15, -0.1) is 22.7 Å². The normalized spacial score (nSPS) is 16.2. The molecule has 0 spiro atoms. The Labute approximate surface area is 154 Å². The molecule has 0 bridgehead atoms. The molecule has 0 unspecified atom stereocenters. The van der Waals surface area contributed by atoms with Crippen molar-refractivity contribution in [2.45, 2.75) is 25.7 Å². The zero-order valence-electron chi connectivity index (χ0n) is 14.4. The molecular weight excluding hydrogens is 348 g/mol. The van der Waals surface area contributed by atoms with Gasteiger partial charge in [0.1, 0.15) is 9.84 Å². The van der Waals surface area contributed by atoms with Crippen LogP contribution in [0.15, 0.2) is 24.4 Å². The van der Waals surface area contributed by atoms with Gasteiger partial charge in [0.05, 0.1) is 10.2 Å². The minimum Gasteiger partial charge on any atom is -0.317 e. The summed E-state index contributed by atoms with van der Waals surface area (Å²) in [6, 6.07) is 6.81. The van der Waals surface area contributed by atoms with Gasteiger partial charge < -0.3 is 5.32 Å². The largest absolute Gasteiger partial charge is 0.317 e. The van der Waals surface area contributed by atoms with Gasteiger partial charge in [0.15, 0.2) is 0 Å². The third kappa shape index (κ3) is 2.69. The first-order valence-corrected chi connectivity index (χ1v) is 10.4. The van der Waals surface area contributed by atoms with Crippen LogP contribution in [0.2, 0.25) is 0 Å². The summed E-state index contributed by atoms with van der Waals surface area (Å²) in [4.78, 5) is 7.65. The molecule has 0 atom stereocenters. The number of rotatable bonds is 2. The molecule has 4 aromatic rings. The van der Waals surface area contributed by atoms with Crippen LogP contribution in [0, 0.1) is 6.92 Å². The fraction of sp³-hybridized carbons (Fsp3) is 0.368. The Bertz CT molecular complexity index is 1030. The molecule has 128 valence electrons. The highest BCUT2D eigenvalue weighted by atomic mass is 32.1. The number of fused-ring (bicyclic) bond motifs is 2. The van der Waals surface area contributed by atoms with Crippen molar-refractivity contribution in [1.29, 1.82) is 0 Å². The van der Waals surface area contributed by atoms with Crippen molar-refractivity contribution in [3.8, 4) is 10.6 Å². The lowest BCUT2D eigenvalue weighted by Crippen LogP contribution is -2.26. The fourth-order valence-electron chi connectivity index (χ4n) is 3.74. The Morgan fingerprint density at radius 1 is 1.16 bits per heavy atom. The van der Waals surface area contributed by atoms with Crippen molar-refractivity contribution in [1.82, 2.24) is 20.1 Å². The van der Waals surface area contributed by atoms with Crippen LogP contribution in [0.1, 0.15) is 29.2 Å². The maximum absolute atomic E-state index is 4.95. The molecule has 5 rings (SSSR count). The predicted molar refractivity (Wildman–Crippen MR) is 107 cm³/mol. The predicted octanol–water partition coefficient (Wildman–Crippen LogP) is 4.69. The van der Waals surface area contributed by atoms with E-state index in [9.17, 15) is 0 Å². The van der Waals surface area contributed by atoms with Crippen molar-refractivity contribution in [3.05, 3.63) is 34.8 Å². The van der Waals surface area contributed by atoms with E-state index in [4.69, 9.17) is 4.98 Å². The average Bonchev–Trinajstić information content (AvgIpc) is 3.27. The van der Waals surface area contributed by atoms with E-state index in [1.165, 1.54) is 43.8 Å². The highest BCUT2D eigenvalue weighted by Gasteiger charge is 2.19. The molecule has 1 saturated heterocycles. The van der Waals surface area contributed by atoms with Gasteiger partial charge in [0.2, 0.25) is 0 Å². The number of nitrogens with one attached hydrogen (secondary N) is 1. The number of hydrogen-bond acceptors (Lipinski definition) is 5. The number of hydrogen-bond donors (Lipinski definition) is 1. The zero-order valence-corrected chi connectivity index (χ0v) is 16.0. The van der Waals surface area contributed by atoms with Crippen molar-refractivity contribution >= 4 is 43.1 Å². The number of piperidine rings is 1. The standard InChI is InChI=1S/C19H20N4S2/c1-11-7-13(8-14-10-23(2)22-17(11)14)18-21-19-16(25-18)9-15(24-19)12-3-5-20-6-4-12/h7-10,12,20H,3-6H2,1-2H3. The topological polar surface area (TPSA) is 42.7 Å². The summed E-state index contributed by atoms with van der Waals surface area (Å²) in [5, 5.41) is 10.3. The summed E-state index contributed by atoms with van der Waals surface area (Å²) < 4.78 is 3.21. The summed E-state index contributed by atoms with van der Waals surface area (Å²) in [5.74, 6) is 0.713. The number of nitrogens with zero attached hydrogens (tertiary/aromatic N) is 3. The van der Waals surface area contributed by atoms with Crippen LogP contribution in [0.3, 0.4) is 0 Å². The van der Waals surface area contributed by atoms with Gasteiger partial charge in [-0.2, -0.15) is 5.10 Å². The molecule has 6 heteroatoms. The van der Waals surface area contributed by atoms with Crippen molar-refractivity contribution in [3.63, 3.8) is 0 Å². The second-order valence-electron chi connectivity index (χ2n) is 6.90. The first kappa shape index (κ1) is 15.5. The molecule has 4 heterocycles. The first-order valence-electron chi connectivity index (χ1n) is 8.73. The second-order valence-corrected chi connectivity index (χ2v) is 8.99. The van der Waals surface area contributed by atoms with E-state index in [0.29, 0.717) is 5.92 Å². The SMILES string of the molecule is Cc1cc(-c2nc3sc(C4CCNCC4)cc3s2)cc2cn(C)nc12. The lowest BCUT2D eigenvalue weighted by molar-refractivity contribution is 0.465. The van der Waals surface area contributed by atoms with E-state index in [-0.39, 0.29) is 0 Å². The molecule has 0 amide bonds. The molecule has 0 radical (unpaired) electrons. The number of thiophene rings is 1. The van der Waals surface area contributed by atoms with Gasteiger partial charge in [0, 0.05) is 29.1 Å². The molecule has 1 aromatic carbocycles. The number of benzene rings is 1. The van der Waals surface area contributed by atoms with Gasteiger partial charge >= 0.3 is 0 Å². The molecular formula is C19H20N4S2. The number of aromatic nitrogens is 3. The van der Waals surface area contributed by atoms with Gasteiger partial charge in [-0.3, -0.25) is 4.68 Å². The van der Waals surface area contributed by atoms with Crippen LogP contribution in [0.4, 0.5) is 0 Å². The number of thiazole rings is 1. The highest BCUT2D eigenvalue weighted by molar-refractivity contribution is 7.28. The summed E-state index contributed by atoms with van der Waals surface area (Å²) in [6.45, 7) is 4.41. The molecule has 3 aromatic heterocycles.